The minimum atomic E-state index is -3.69. The zero-order chi connectivity index (χ0) is 17.2. The van der Waals surface area contributed by atoms with Gasteiger partial charge in [0.25, 0.3) is 0 Å². The van der Waals surface area contributed by atoms with Crippen molar-refractivity contribution < 1.29 is 13.5 Å². The first kappa shape index (κ1) is 17.3. The smallest absolute Gasteiger partial charge is 0.241 e. The second kappa shape index (κ2) is 6.78. The lowest BCUT2D eigenvalue weighted by Gasteiger charge is -2.26. The van der Waals surface area contributed by atoms with Crippen LogP contribution in [0.1, 0.15) is 44.2 Å². The fraction of sp³-hybridized carbons (Fsp3) is 0.500. The molecule has 24 heavy (non-hydrogen) atoms. The summed E-state index contributed by atoms with van der Waals surface area (Å²) in [5, 5.41) is 12.2. The van der Waals surface area contributed by atoms with E-state index in [0.717, 1.165) is 36.8 Å². The average Bonchev–Trinajstić information content (AvgIpc) is 2.78. The third-order valence-corrected chi connectivity index (χ3v) is 6.34. The van der Waals surface area contributed by atoms with Crippen molar-refractivity contribution in [3.8, 4) is 0 Å². The molecule has 1 aliphatic rings. The first-order valence-electron chi connectivity index (χ1n) is 8.48. The molecule has 0 aliphatic heterocycles. The molecule has 1 aromatic carbocycles. The molecular weight excluding hydrogens is 324 g/mol. The third-order valence-electron chi connectivity index (χ3n) is 4.88. The minimum absolute atomic E-state index is 0.0653. The minimum Gasteiger partial charge on any atom is -0.389 e. The van der Waals surface area contributed by atoms with Crippen molar-refractivity contribution in [2.45, 2.75) is 55.9 Å². The van der Waals surface area contributed by atoms with Crippen LogP contribution < -0.4 is 4.72 Å². The van der Waals surface area contributed by atoms with Crippen LogP contribution in [0.25, 0.3) is 10.8 Å². The topological polar surface area (TPSA) is 79.3 Å². The second-order valence-electron chi connectivity index (χ2n) is 6.71. The van der Waals surface area contributed by atoms with Gasteiger partial charge in [-0.15, -0.1) is 0 Å². The standard InChI is InChI=1S/C18H24N2O3S/c1-14-15-7-6-8-17(16(15)9-12-19-14)24(22,23)20-13-18(21)10-4-2-3-5-11-18/h6-9,12,20-21H,2-5,10-11,13H2,1H3. The summed E-state index contributed by atoms with van der Waals surface area (Å²) in [6, 6.07) is 6.92. The monoisotopic (exact) mass is 348 g/mol. The molecule has 1 saturated carbocycles. The predicted octanol–water partition coefficient (Wildman–Crippen LogP) is 2.91. The molecule has 130 valence electrons. The van der Waals surface area contributed by atoms with Gasteiger partial charge in [0, 0.05) is 29.2 Å². The Hall–Kier alpha value is -1.50. The SMILES string of the molecule is Cc1nccc2c(S(=O)(=O)NCC3(O)CCCCCC3)cccc12. The van der Waals surface area contributed by atoms with Crippen LogP contribution >= 0.6 is 0 Å². The van der Waals surface area contributed by atoms with Crippen LogP contribution in [0, 0.1) is 6.92 Å². The summed E-state index contributed by atoms with van der Waals surface area (Å²) in [5.74, 6) is 0. The highest BCUT2D eigenvalue weighted by molar-refractivity contribution is 7.89. The summed E-state index contributed by atoms with van der Waals surface area (Å²) in [6.07, 6.45) is 7.00. The maximum Gasteiger partial charge on any atom is 0.241 e. The van der Waals surface area contributed by atoms with Gasteiger partial charge in [-0.05, 0) is 31.9 Å². The lowest BCUT2D eigenvalue weighted by Crippen LogP contribution is -2.42. The molecule has 0 bridgehead atoms. The number of aryl methyl sites for hydroxylation is 1. The molecule has 0 radical (unpaired) electrons. The third kappa shape index (κ3) is 3.61. The molecule has 1 heterocycles. The first-order chi connectivity index (χ1) is 11.4. The van der Waals surface area contributed by atoms with Gasteiger partial charge in [0.1, 0.15) is 0 Å². The maximum atomic E-state index is 12.8. The van der Waals surface area contributed by atoms with Gasteiger partial charge in [0.15, 0.2) is 0 Å². The number of fused-ring (bicyclic) bond motifs is 1. The normalized spacial score (nSPS) is 18.4. The zero-order valence-corrected chi connectivity index (χ0v) is 14.8. The molecule has 3 rings (SSSR count). The highest BCUT2D eigenvalue weighted by Gasteiger charge is 2.30. The molecule has 0 spiro atoms. The Morgan fingerprint density at radius 1 is 1.12 bits per heavy atom. The lowest BCUT2D eigenvalue weighted by molar-refractivity contribution is 0.0303. The molecule has 0 atom stereocenters. The van der Waals surface area contributed by atoms with Crippen LogP contribution in [0.15, 0.2) is 35.4 Å². The van der Waals surface area contributed by atoms with Crippen molar-refractivity contribution in [1.82, 2.24) is 9.71 Å². The Bertz CT molecular complexity index is 825. The fourth-order valence-corrected chi connectivity index (χ4v) is 4.77. The Morgan fingerprint density at radius 3 is 2.54 bits per heavy atom. The molecule has 1 aromatic heterocycles. The maximum absolute atomic E-state index is 12.8. The predicted molar refractivity (Wildman–Crippen MR) is 94.3 cm³/mol. The van der Waals surface area contributed by atoms with E-state index in [1.807, 2.05) is 13.0 Å². The van der Waals surface area contributed by atoms with Crippen LogP contribution in [-0.4, -0.2) is 30.7 Å². The van der Waals surface area contributed by atoms with E-state index in [9.17, 15) is 13.5 Å². The van der Waals surface area contributed by atoms with Gasteiger partial charge in [-0.1, -0.05) is 37.8 Å². The van der Waals surface area contributed by atoms with E-state index >= 15 is 0 Å². The fourth-order valence-electron chi connectivity index (χ4n) is 3.43. The molecule has 1 aliphatic carbocycles. The number of benzene rings is 1. The number of pyridine rings is 1. The average molecular weight is 348 g/mol. The number of hydrogen-bond acceptors (Lipinski definition) is 4. The molecule has 2 N–H and O–H groups in total. The summed E-state index contributed by atoms with van der Waals surface area (Å²) >= 11 is 0. The van der Waals surface area contributed by atoms with Gasteiger partial charge in [-0.3, -0.25) is 4.98 Å². The van der Waals surface area contributed by atoms with Crippen molar-refractivity contribution in [2.75, 3.05) is 6.54 Å². The van der Waals surface area contributed by atoms with Gasteiger partial charge >= 0.3 is 0 Å². The largest absolute Gasteiger partial charge is 0.389 e. The van der Waals surface area contributed by atoms with Gasteiger partial charge in [0.2, 0.25) is 10.0 Å². The van der Waals surface area contributed by atoms with E-state index in [0.29, 0.717) is 18.2 Å². The number of rotatable bonds is 4. The first-order valence-corrected chi connectivity index (χ1v) is 9.96. The van der Waals surface area contributed by atoms with Crippen molar-refractivity contribution in [3.63, 3.8) is 0 Å². The lowest BCUT2D eigenvalue weighted by atomic mass is 9.95. The number of aromatic nitrogens is 1. The molecule has 5 nitrogen and oxygen atoms in total. The van der Waals surface area contributed by atoms with Gasteiger partial charge in [0.05, 0.1) is 10.5 Å². The van der Waals surface area contributed by atoms with E-state index in [4.69, 9.17) is 0 Å². The van der Waals surface area contributed by atoms with Crippen LogP contribution in [0.3, 0.4) is 0 Å². The highest BCUT2D eigenvalue weighted by atomic mass is 32.2. The van der Waals surface area contributed by atoms with E-state index in [-0.39, 0.29) is 11.4 Å². The summed E-state index contributed by atoms with van der Waals surface area (Å²) in [6.45, 7) is 1.93. The Labute approximate surface area is 143 Å². The quantitative estimate of drug-likeness (QED) is 0.833. The molecule has 6 heteroatoms. The Kier molecular flexibility index (Phi) is 4.90. The van der Waals surface area contributed by atoms with E-state index in [1.54, 1.807) is 24.4 Å². The van der Waals surface area contributed by atoms with E-state index < -0.39 is 15.6 Å². The molecular formula is C18H24N2O3S. The molecule has 0 amide bonds. The van der Waals surface area contributed by atoms with Crippen molar-refractivity contribution in [1.29, 1.82) is 0 Å². The van der Waals surface area contributed by atoms with Crippen LogP contribution in [0.5, 0.6) is 0 Å². The molecule has 0 unspecified atom stereocenters. The highest BCUT2D eigenvalue weighted by Crippen LogP contribution is 2.28. The van der Waals surface area contributed by atoms with Gasteiger partial charge in [-0.2, -0.15) is 0 Å². The van der Waals surface area contributed by atoms with E-state index in [1.165, 1.54) is 0 Å². The summed E-state index contributed by atoms with van der Waals surface area (Å²) in [4.78, 5) is 4.45. The molecule has 0 saturated heterocycles. The number of nitrogens with one attached hydrogen (secondary N) is 1. The summed E-state index contributed by atoms with van der Waals surface area (Å²) < 4.78 is 28.2. The van der Waals surface area contributed by atoms with Gasteiger partial charge in [-0.25, -0.2) is 13.1 Å². The van der Waals surface area contributed by atoms with Crippen LogP contribution in [-0.2, 0) is 10.0 Å². The van der Waals surface area contributed by atoms with Crippen molar-refractivity contribution in [3.05, 3.63) is 36.2 Å². The van der Waals surface area contributed by atoms with Gasteiger partial charge < -0.3 is 5.11 Å². The second-order valence-corrected chi connectivity index (χ2v) is 8.45. The van der Waals surface area contributed by atoms with Crippen LogP contribution in [0.4, 0.5) is 0 Å². The van der Waals surface area contributed by atoms with Crippen LogP contribution in [0.2, 0.25) is 0 Å². The number of nitrogens with zero attached hydrogens (tertiary/aromatic N) is 1. The van der Waals surface area contributed by atoms with Crippen molar-refractivity contribution in [2.24, 2.45) is 0 Å². The number of hydrogen-bond donors (Lipinski definition) is 2. The Balaban J connectivity index is 1.87. The number of sulfonamides is 1. The number of aliphatic hydroxyl groups is 1. The van der Waals surface area contributed by atoms with E-state index in [2.05, 4.69) is 9.71 Å². The van der Waals surface area contributed by atoms with Crippen molar-refractivity contribution >= 4 is 20.8 Å². The summed E-state index contributed by atoms with van der Waals surface area (Å²) in [7, 11) is -3.69. The Morgan fingerprint density at radius 2 is 1.83 bits per heavy atom. The molecule has 2 aromatic rings. The summed E-state index contributed by atoms with van der Waals surface area (Å²) in [5.41, 5.74) is -0.141. The zero-order valence-electron chi connectivity index (χ0n) is 14.0. The molecule has 1 fully saturated rings.